The normalized spacial score (nSPS) is 12.0. The fourth-order valence-electron chi connectivity index (χ4n) is 4.23. The zero-order valence-corrected chi connectivity index (χ0v) is 19.7. The third-order valence-electron chi connectivity index (χ3n) is 5.83. The van der Waals surface area contributed by atoms with Gasteiger partial charge in [-0.25, -0.2) is 4.98 Å². The molecule has 0 bridgehead atoms. The Kier molecular flexibility index (Phi) is 6.61. The van der Waals surface area contributed by atoms with Gasteiger partial charge in [0, 0.05) is 6.54 Å². The molecule has 0 saturated carbocycles. The largest absolute Gasteiger partial charge is 0.329 e. The van der Waals surface area contributed by atoms with Gasteiger partial charge in [-0.15, -0.1) is 0 Å². The first-order valence-corrected chi connectivity index (χ1v) is 11.5. The standard InChI is InChI=1S/C27H26ClN3O2/c1-4-24(30(5-2)26(32)20-13-6-8-15-22(20)28)25-29-23-16-9-7-14-21(23)27(33)31(25)19-12-10-11-18(3)17-19/h6-17,24H,4-5H2,1-3H3. The molecule has 0 fully saturated rings. The number of hydrogen-bond donors (Lipinski definition) is 0. The summed E-state index contributed by atoms with van der Waals surface area (Å²) in [4.78, 5) is 33.9. The van der Waals surface area contributed by atoms with Crippen LogP contribution in [0.25, 0.3) is 16.6 Å². The monoisotopic (exact) mass is 459 g/mol. The van der Waals surface area contributed by atoms with Gasteiger partial charge in [0.15, 0.2) is 0 Å². The number of halogens is 1. The molecule has 0 saturated heterocycles. The molecule has 0 radical (unpaired) electrons. The average molecular weight is 460 g/mol. The Hall–Kier alpha value is -3.44. The fraction of sp³-hybridized carbons (Fsp3) is 0.222. The van der Waals surface area contributed by atoms with E-state index in [0.29, 0.717) is 40.3 Å². The fourth-order valence-corrected chi connectivity index (χ4v) is 4.44. The molecule has 4 aromatic rings. The van der Waals surface area contributed by atoms with Crippen molar-refractivity contribution in [2.24, 2.45) is 0 Å². The van der Waals surface area contributed by atoms with Gasteiger partial charge in [0.05, 0.1) is 33.2 Å². The van der Waals surface area contributed by atoms with Crippen molar-refractivity contribution in [1.29, 1.82) is 0 Å². The van der Waals surface area contributed by atoms with Crippen molar-refractivity contribution in [1.82, 2.24) is 14.5 Å². The van der Waals surface area contributed by atoms with E-state index in [1.165, 1.54) is 0 Å². The van der Waals surface area contributed by atoms with Crippen molar-refractivity contribution in [3.8, 4) is 5.69 Å². The van der Waals surface area contributed by atoms with Gasteiger partial charge in [-0.3, -0.25) is 14.2 Å². The maximum atomic E-state index is 13.7. The van der Waals surface area contributed by atoms with E-state index in [0.717, 1.165) is 11.3 Å². The summed E-state index contributed by atoms with van der Waals surface area (Å²) in [5.41, 5.74) is 2.66. The van der Waals surface area contributed by atoms with E-state index >= 15 is 0 Å². The lowest BCUT2D eigenvalue weighted by Crippen LogP contribution is -2.38. The van der Waals surface area contributed by atoms with Crippen LogP contribution < -0.4 is 5.56 Å². The zero-order valence-electron chi connectivity index (χ0n) is 19.0. The van der Waals surface area contributed by atoms with Gasteiger partial charge < -0.3 is 4.90 Å². The summed E-state index contributed by atoms with van der Waals surface area (Å²) >= 11 is 6.34. The molecule has 1 amide bonds. The second-order valence-electron chi connectivity index (χ2n) is 7.96. The summed E-state index contributed by atoms with van der Waals surface area (Å²) in [6.07, 6.45) is 0.584. The summed E-state index contributed by atoms with van der Waals surface area (Å²) in [6, 6.07) is 21.7. The van der Waals surface area contributed by atoms with Crippen LogP contribution in [-0.4, -0.2) is 26.9 Å². The van der Waals surface area contributed by atoms with E-state index in [-0.39, 0.29) is 11.5 Å². The lowest BCUT2D eigenvalue weighted by molar-refractivity contribution is 0.0672. The van der Waals surface area contributed by atoms with Gasteiger partial charge in [-0.1, -0.05) is 54.9 Å². The second-order valence-corrected chi connectivity index (χ2v) is 8.37. The van der Waals surface area contributed by atoms with Crippen LogP contribution in [0.2, 0.25) is 5.02 Å². The SMILES string of the molecule is CCC(c1nc2ccccc2c(=O)n1-c1cccc(C)c1)N(CC)C(=O)c1ccccc1Cl. The average Bonchev–Trinajstić information content (AvgIpc) is 2.82. The van der Waals surface area contributed by atoms with Crippen molar-refractivity contribution < 1.29 is 4.79 Å². The van der Waals surface area contributed by atoms with Crippen LogP contribution in [0.5, 0.6) is 0 Å². The van der Waals surface area contributed by atoms with Gasteiger partial charge in [0.25, 0.3) is 11.5 Å². The lowest BCUT2D eigenvalue weighted by Gasteiger charge is -2.31. The number of carbonyl (C=O) groups excluding carboxylic acids is 1. The maximum Gasteiger partial charge on any atom is 0.266 e. The molecule has 168 valence electrons. The molecule has 1 atom stereocenters. The minimum absolute atomic E-state index is 0.152. The molecular weight excluding hydrogens is 434 g/mol. The van der Waals surface area contributed by atoms with E-state index in [9.17, 15) is 9.59 Å². The van der Waals surface area contributed by atoms with Crippen molar-refractivity contribution >= 4 is 28.4 Å². The van der Waals surface area contributed by atoms with Crippen molar-refractivity contribution in [3.63, 3.8) is 0 Å². The highest BCUT2D eigenvalue weighted by Crippen LogP contribution is 2.29. The van der Waals surface area contributed by atoms with Crippen LogP contribution >= 0.6 is 11.6 Å². The number of carbonyl (C=O) groups is 1. The molecule has 33 heavy (non-hydrogen) atoms. The molecule has 0 aliphatic rings. The van der Waals surface area contributed by atoms with Gasteiger partial charge in [0.1, 0.15) is 5.82 Å². The minimum Gasteiger partial charge on any atom is -0.329 e. The van der Waals surface area contributed by atoms with Gasteiger partial charge in [-0.05, 0) is 62.2 Å². The van der Waals surface area contributed by atoms with Crippen LogP contribution in [-0.2, 0) is 0 Å². The highest BCUT2D eigenvalue weighted by Gasteiger charge is 2.29. The number of aryl methyl sites for hydroxylation is 1. The van der Waals surface area contributed by atoms with E-state index in [4.69, 9.17) is 16.6 Å². The molecule has 6 heteroatoms. The number of benzene rings is 3. The van der Waals surface area contributed by atoms with E-state index in [1.807, 2.05) is 63.2 Å². The van der Waals surface area contributed by atoms with Crippen LogP contribution in [0.4, 0.5) is 0 Å². The number of para-hydroxylation sites is 1. The number of fused-ring (bicyclic) bond motifs is 1. The van der Waals surface area contributed by atoms with Crippen LogP contribution in [0.1, 0.15) is 48.1 Å². The van der Waals surface area contributed by atoms with Gasteiger partial charge >= 0.3 is 0 Å². The third kappa shape index (κ3) is 4.29. The smallest absolute Gasteiger partial charge is 0.266 e. The molecule has 0 N–H and O–H groups in total. The van der Waals surface area contributed by atoms with Gasteiger partial charge in [-0.2, -0.15) is 0 Å². The van der Waals surface area contributed by atoms with E-state index < -0.39 is 6.04 Å². The molecule has 4 rings (SSSR count). The van der Waals surface area contributed by atoms with Crippen LogP contribution in [0.3, 0.4) is 0 Å². The Morgan fingerprint density at radius 2 is 1.76 bits per heavy atom. The molecule has 1 heterocycles. The highest BCUT2D eigenvalue weighted by atomic mass is 35.5. The Morgan fingerprint density at radius 1 is 1.03 bits per heavy atom. The topological polar surface area (TPSA) is 55.2 Å². The first kappa shape index (κ1) is 22.7. The molecule has 3 aromatic carbocycles. The van der Waals surface area contributed by atoms with Crippen molar-refractivity contribution in [2.45, 2.75) is 33.2 Å². The molecule has 1 unspecified atom stereocenters. The first-order valence-electron chi connectivity index (χ1n) is 11.1. The first-order chi connectivity index (χ1) is 16.0. The Bertz CT molecular complexity index is 1380. The van der Waals surface area contributed by atoms with Gasteiger partial charge in [0.2, 0.25) is 0 Å². The number of nitrogens with zero attached hydrogens (tertiary/aromatic N) is 3. The quantitative estimate of drug-likeness (QED) is 0.357. The summed E-state index contributed by atoms with van der Waals surface area (Å²) < 4.78 is 1.64. The van der Waals surface area contributed by atoms with Crippen LogP contribution in [0.15, 0.2) is 77.6 Å². The molecule has 0 aliphatic carbocycles. The summed E-state index contributed by atoms with van der Waals surface area (Å²) in [6.45, 7) is 6.35. The van der Waals surface area contributed by atoms with Crippen LogP contribution in [0, 0.1) is 6.92 Å². The Morgan fingerprint density at radius 3 is 2.45 bits per heavy atom. The summed E-state index contributed by atoms with van der Waals surface area (Å²) in [5.74, 6) is 0.349. The number of aromatic nitrogens is 2. The van der Waals surface area contributed by atoms with Crippen molar-refractivity contribution in [3.05, 3.63) is 105 Å². The third-order valence-corrected chi connectivity index (χ3v) is 6.16. The zero-order chi connectivity index (χ0) is 23.5. The predicted molar refractivity (Wildman–Crippen MR) is 133 cm³/mol. The molecule has 0 spiro atoms. The summed E-state index contributed by atoms with van der Waals surface area (Å²) in [5, 5.41) is 0.941. The Balaban J connectivity index is 1.96. The van der Waals surface area contributed by atoms with Crippen molar-refractivity contribution in [2.75, 3.05) is 6.54 Å². The lowest BCUT2D eigenvalue weighted by atomic mass is 10.1. The second kappa shape index (κ2) is 9.59. The molecule has 1 aromatic heterocycles. The highest BCUT2D eigenvalue weighted by molar-refractivity contribution is 6.33. The number of amides is 1. The number of rotatable bonds is 6. The minimum atomic E-state index is -0.420. The maximum absolute atomic E-state index is 13.7. The molecule has 5 nitrogen and oxygen atoms in total. The number of hydrogen-bond acceptors (Lipinski definition) is 3. The van der Waals surface area contributed by atoms with E-state index in [1.54, 1.807) is 39.8 Å². The molecule has 0 aliphatic heterocycles. The summed E-state index contributed by atoms with van der Waals surface area (Å²) in [7, 11) is 0. The molecular formula is C27H26ClN3O2. The van der Waals surface area contributed by atoms with E-state index in [2.05, 4.69) is 0 Å². The Labute approximate surface area is 198 Å². The predicted octanol–water partition coefficient (Wildman–Crippen LogP) is 5.96.